The van der Waals surface area contributed by atoms with Crippen LogP contribution in [0.15, 0.2) is 42.5 Å². The maximum Gasteiger partial charge on any atom is 0.226 e. The zero-order chi connectivity index (χ0) is 35.6. The summed E-state index contributed by atoms with van der Waals surface area (Å²) >= 11 is 0. The Bertz CT molecular complexity index is 1470. The van der Waals surface area contributed by atoms with Crippen molar-refractivity contribution in [2.24, 2.45) is 56.7 Å². The number of nitrogens with zero attached hydrogens (tertiary/aromatic N) is 1. The number of rotatable bonds is 10. The van der Waals surface area contributed by atoms with Crippen LogP contribution in [0.5, 0.6) is 0 Å². The molecule has 1 aromatic carbocycles. The highest BCUT2D eigenvalue weighted by atomic mass is 16.2. The number of hydrogen-bond acceptors (Lipinski definition) is 3. The van der Waals surface area contributed by atoms with Gasteiger partial charge in [-0.25, -0.2) is 0 Å². The maximum atomic E-state index is 14.5. The number of fused-ring (bicyclic) bond motifs is 7. The molecule has 1 N–H and O–H groups in total. The fraction of sp³-hybridized carbons (Fsp3) is 0.733. The molecule has 0 bridgehead atoms. The maximum absolute atomic E-state index is 14.5. The van der Waals surface area contributed by atoms with Gasteiger partial charge in [0.05, 0.1) is 12.0 Å². The van der Waals surface area contributed by atoms with Crippen molar-refractivity contribution in [2.75, 3.05) is 26.2 Å². The SMILES string of the molecule is C=C(C)[C@@H]1CC[C@]2(C(=O)NCCN(CCC)CC(C)=O)CC[C@]3(C)[C@H](CC[C@@H]4[C@@]5(C)CC=C(c6ccc(C)cc6)C(C)(C)[C@@H]5CC[C@]43C)[C@@H]12. The third kappa shape index (κ3) is 5.73. The van der Waals surface area contributed by atoms with Crippen LogP contribution in [-0.2, 0) is 9.59 Å². The lowest BCUT2D eigenvalue weighted by Gasteiger charge is -2.72. The Morgan fingerprint density at radius 1 is 0.878 bits per heavy atom. The zero-order valence-electron chi connectivity index (χ0n) is 32.6. The van der Waals surface area contributed by atoms with Gasteiger partial charge < -0.3 is 5.32 Å². The van der Waals surface area contributed by atoms with Gasteiger partial charge in [0, 0.05) is 13.1 Å². The zero-order valence-corrected chi connectivity index (χ0v) is 32.6. The second-order valence-electron chi connectivity index (χ2n) is 19.0. The third-order valence-electron chi connectivity index (χ3n) is 16.2. The Morgan fingerprint density at radius 2 is 1.59 bits per heavy atom. The second-order valence-corrected chi connectivity index (χ2v) is 19.0. The molecule has 0 heterocycles. The number of ketones is 1. The molecule has 4 saturated carbocycles. The van der Waals surface area contributed by atoms with E-state index >= 15 is 0 Å². The first kappa shape index (κ1) is 36.6. The summed E-state index contributed by atoms with van der Waals surface area (Å²) in [6, 6.07) is 9.26. The van der Waals surface area contributed by atoms with E-state index in [0.717, 1.165) is 45.2 Å². The number of carbonyl (C=O) groups excluding carboxylic acids is 2. The summed E-state index contributed by atoms with van der Waals surface area (Å²) in [6.45, 7) is 28.6. The normalized spacial score (nSPS) is 39.2. The molecule has 5 aliphatic rings. The fourth-order valence-electron chi connectivity index (χ4n) is 13.8. The average Bonchev–Trinajstić information content (AvgIpc) is 3.43. The second kappa shape index (κ2) is 13.1. The molecule has 0 aromatic heterocycles. The highest BCUT2D eigenvalue weighted by molar-refractivity contribution is 5.84. The smallest absolute Gasteiger partial charge is 0.226 e. The molecule has 0 radical (unpaired) electrons. The summed E-state index contributed by atoms with van der Waals surface area (Å²) in [5, 5.41) is 3.45. The van der Waals surface area contributed by atoms with Gasteiger partial charge >= 0.3 is 0 Å². The predicted octanol–water partition coefficient (Wildman–Crippen LogP) is 10.1. The largest absolute Gasteiger partial charge is 0.354 e. The molecule has 1 amide bonds. The quantitative estimate of drug-likeness (QED) is 0.253. The molecule has 9 atom stereocenters. The van der Waals surface area contributed by atoms with Crippen molar-refractivity contribution < 1.29 is 9.59 Å². The number of carbonyl (C=O) groups is 2. The molecule has 0 spiro atoms. The minimum absolute atomic E-state index is 0.134. The van der Waals surface area contributed by atoms with E-state index in [-0.39, 0.29) is 38.8 Å². The number of aryl methyl sites for hydroxylation is 1. The molecular weight excluding hydrogens is 601 g/mol. The number of allylic oxidation sites excluding steroid dienone is 3. The van der Waals surface area contributed by atoms with Crippen LogP contribution in [0.1, 0.15) is 131 Å². The molecule has 4 fully saturated rings. The average molecular weight is 669 g/mol. The van der Waals surface area contributed by atoms with Crippen molar-refractivity contribution in [2.45, 2.75) is 127 Å². The van der Waals surface area contributed by atoms with Gasteiger partial charge in [0.2, 0.25) is 5.91 Å². The van der Waals surface area contributed by atoms with E-state index in [0.29, 0.717) is 42.7 Å². The van der Waals surface area contributed by atoms with Gasteiger partial charge in [-0.15, -0.1) is 0 Å². The van der Waals surface area contributed by atoms with Crippen molar-refractivity contribution >= 4 is 17.3 Å². The lowest BCUT2D eigenvalue weighted by molar-refractivity contribution is -0.225. The van der Waals surface area contributed by atoms with Crippen LogP contribution in [0.2, 0.25) is 0 Å². The van der Waals surface area contributed by atoms with Gasteiger partial charge in [0.25, 0.3) is 0 Å². The van der Waals surface area contributed by atoms with Crippen molar-refractivity contribution in [3.63, 3.8) is 0 Å². The first-order valence-corrected chi connectivity index (χ1v) is 20.0. The number of hydrogen-bond donors (Lipinski definition) is 1. The molecule has 0 aliphatic heterocycles. The molecule has 49 heavy (non-hydrogen) atoms. The standard InChI is InChI=1S/C45H68N2O2/c1-11-27-47(29-32(5)48)28-26-46-40(49)45-23-18-34(30(2)3)39(45)36-16-17-38-42(8)21-19-35(33-14-12-31(4)13-15-33)41(6,7)37(42)20-22-44(38,10)43(36,9)24-25-45/h12-15,19,34,36-39H,2,11,16-18,20-29H2,1,3-10H3,(H,46,49)/t34-,36+,37-,38+,39+,42-,43+,44+,45-/m0/s1. The van der Waals surface area contributed by atoms with Crippen LogP contribution in [0, 0.1) is 63.6 Å². The van der Waals surface area contributed by atoms with Gasteiger partial charge in [0.1, 0.15) is 5.78 Å². The van der Waals surface area contributed by atoms with Gasteiger partial charge in [-0.3, -0.25) is 14.5 Å². The van der Waals surface area contributed by atoms with Crippen LogP contribution in [0.25, 0.3) is 5.57 Å². The molecule has 0 saturated heterocycles. The van der Waals surface area contributed by atoms with Crippen molar-refractivity contribution in [1.29, 1.82) is 0 Å². The first-order chi connectivity index (χ1) is 23.0. The van der Waals surface area contributed by atoms with Crippen molar-refractivity contribution in [1.82, 2.24) is 10.2 Å². The Kier molecular flexibility index (Phi) is 9.77. The monoisotopic (exact) mass is 669 g/mol. The van der Waals surface area contributed by atoms with Gasteiger partial charge in [-0.2, -0.15) is 0 Å². The molecule has 5 aliphatic carbocycles. The van der Waals surface area contributed by atoms with Gasteiger partial charge in [0.15, 0.2) is 0 Å². The number of benzene rings is 1. The van der Waals surface area contributed by atoms with E-state index in [9.17, 15) is 9.59 Å². The van der Waals surface area contributed by atoms with Crippen LogP contribution in [0.3, 0.4) is 0 Å². The predicted molar refractivity (Wildman–Crippen MR) is 204 cm³/mol. The van der Waals surface area contributed by atoms with Crippen LogP contribution >= 0.6 is 0 Å². The highest BCUT2D eigenvalue weighted by Gasteiger charge is 2.71. The van der Waals surface area contributed by atoms with Crippen molar-refractivity contribution in [3.05, 3.63) is 53.6 Å². The van der Waals surface area contributed by atoms with E-state index in [1.165, 1.54) is 48.8 Å². The third-order valence-corrected chi connectivity index (χ3v) is 16.2. The minimum Gasteiger partial charge on any atom is -0.354 e. The molecule has 1 aromatic rings. The fourth-order valence-corrected chi connectivity index (χ4v) is 13.8. The molecule has 4 heteroatoms. The molecule has 0 unspecified atom stereocenters. The summed E-state index contributed by atoms with van der Waals surface area (Å²) in [6.07, 6.45) is 14.2. The number of amides is 1. The first-order valence-electron chi connectivity index (χ1n) is 20.0. The van der Waals surface area contributed by atoms with Gasteiger partial charge in [-0.05, 0) is 154 Å². The summed E-state index contributed by atoms with van der Waals surface area (Å²) in [7, 11) is 0. The number of Topliss-reactive ketones (excluding diaryl/α,β-unsaturated/α-hetero) is 1. The van der Waals surface area contributed by atoms with E-state index in [4.69, 9.17) is 0 Å². The molecule has 6 rings (SSSR count). The minimum atomic E-state index is -0.299. The lowest BCUT2D eigenvalue weighted by Crippen LogP contribution is -2.66. The number of nitrogens with one attached hydrogen (secondary N) is 1. The highest BCUT2D eigenvalue weighted by Crippen LogP contribution is 2.77. The summed E-state index contributed by atoms with van der Waals surface area (Å²) in [5.41, 5.74) is 6.15. The van der Waals surface area contributed by atoms with E-state index in [2.05, 4.69) is 103 Å². The summed E-state index contributed by atoms with van der Waals surface area (Å²) in [4.78, 5) is 28.6. The van der Waals surface area contributed by atoms with E-state index in [1.54, 1.807) is 12.5 Å². The topological polar surface area (TPSA) is 49.4 Å². The Labute approximate surface area is 299 Å². The molecule has 4 nitrogen and oxygen atoms in total. The van der Waals surface area contributed by atoms with Crippen molar-refractivity contribution in [3.8, 4) is 0 Å². The van der Waals surface area contributed by atoms with E-state index < -0.39 is 0 Å². The van der Waals surface area contributed by atoms with E-state index in [1.807, 2.05) is 0 Å². The summed E-state index contributed by atoms with van der Waals surface area (Å²) < 4.78 is 0. The Balaban J connectivity index is 1.28. The Morgan fingerprint density at radius 3 is 2.24 bits per heavy atom. The van der Waals surface area contributed by atoms with Crippen LogP contribution < -0.4 is 5.32 Å². The summed E-state index contributed by atoms with van der Waals surface area (Å²) in [5.74, 6) is 3.16. The Hall–Kier alpha value is -2.20. The van der Waals surface area contributed by atoms with Gasteiger partial charge in [-0.1, -0.05) is 89.6 Å². The van der Waals surface area contributed by atoms with Crippen LogP contribution in [-0.4, -0.2) is 42.8 Å². The molecule has 270 valence electrons. The van der Waals surface area contributed by atoms with Crippen LogP contribution in [0.4, 0.5) is 0 Å². The molecular formula is C45H68N2O2. The lowest BCUT2D eigenvalue weighted by atomic mass is 9.32.